The van der Waals surface area contributed by atoms with Crippen molar-refractivity contribution >= 4 is 42.3 Å². The van der Waals surface area contributed by atoms with Gasteiger partial charge in [0, 0.05) is 5.75 Å². The Hall–Kier alpha value is -2.34. The standard InChI is InChI=1S/C11H18N4O7S/c12-5(1-8(17)18)10(21)13-2-7(16)15-6(4-23)11(22)14-3-9(19)20/h5-6,23H,1-4,12H2,(H,13,21)(H,14,22)(H,15,16)(H,17,18)(H,19,20)/t5-,6-/m0/s1. The van der Waals surface area contributed by atoms with Crippen LogP contribution in [0, 0.1) is 0 Å². The molecule has 0 saturated carbocycles. The number of hydrogen-bond donors (Lipinski definition) is 7. The normalized spacial score (nSPS) is 12.6. The van der Waals surface area contributed by atoms with E-state index in [0.717, 1.165) is 0 Å². The number of thiol groups is 1. The lowest BCUT2D eigenvalue weighted by Gasteiger charge is -2.16. The molecule has 23 heavy (non-hydrogen) atoms. The Bertz CT molecular complexity index is 485. The van der Waals surface area contributed by atoms with Crippen LogP contribution in [-0.4, -0.2) is 70.8 Å². The van der Waals surface area contributed by atoms with E-state index in [4.69, 9.17) is 15.9 Å². The highest BCUT2D eigenvalue weighted by Crippen LogP contribution is 1.90. The second-order valence-corrected chi connectivity index (χ2v) is 4.70. The molecule has 12 heteroatoms. The predicted octanol–water partition coefficient (Wildman–Crippen LogP) is -3.48. The number of carbonyl (C=O) groups is 5. The van der Waals surface area contributed by atoms with Crippen LogP contribution in [0.4, 0.5) is 0 Å². The van der Waals surface area contributed by atoms with Gasteiger partial charge in [-0.15, -0.1) is 0 Å². The van der Waals surface area contributed by atoms with Crippen molar-refractivity contribution in [2.45, 2.75) is 18.5 Å². The Balaban J connectivity index is 4.29. The van der Waals surface area contributed by atoms with Gasteiger partial charge in [0.1, 0.15) is 12.6 Å². The highest BCUT2D eigenvalue weighted by Gasteiger charge is 2.21. The van der Waals surface area contributed by atoms with E-state index in [2.05, 4.69) is 28.6 Å². The fourth-order valence-corrected chi connectivity index (χ4v) is 1.56. The van der Waals surface area contributed by atoms with Crippen LogP contribution < -0.4 is 21.7 Å². The van der Waals surface area contributed by atoms with Crippen LogP contribution in [0.25, 0.3) is 0 Å². The fraction of sp³-hybridized carbons (Fsp3) is 0.545. The summed E-state index contributed by atoms with van der Waals surface area (Å²) >= 11 is 3.86. The number of carbonyl (C=O) groups excluding carboxylic acids is 3. The van der Waals surface area contributed by atoms with Crippen molar-refractivity contribution in [3.05, 3.63) is 0 Å². The summed E-state index contributed by atoms with van der Waals surface area (Å²) in [7, 11) is 0. The molecule has 0 radical (unpaired) electrons. The number of hydrogen-bond acceptors (Lipinski definition) is 7. The van der Waals surface area contributed by atoms with Crippen molar-refractivity contribution in [3.63, 3.8) is 0 Å². The third-order valence-electron chi connectivity index (χ3n) is 2.40. The van der Waals surface area contributed by atoms with Gasteiger partial charge in [0.25, 0.3) is 0 Å². The number of carboxylic acid groups (broad SMARTS) is 2. The van der Waals surface area contributed by atoms with E-state index in [-0.39, 0.29) is 5.75 Å². The molecule has 7 N–H and O–H groups in total. The van der Waals surface area contributed by atoms with Gasteiger partial charge in [0.15, 0.2) is 0 Å². The van der Waals surface area contributed by atoms with Crippen LogP contribution in [0.5, 0.6) is 0 Å². The Morgan fingerprint density at radius 2 is 1.52 bits per heavy atom. The van der Waals surface area contributed by atoms with E-state index in [1.165, 1.54) is 0 Å². The minimum absolute atomic E-state index is 0.0936. The highest BCUT2D eigenvalue weighted by molar-refractivity contribution is 7.80. The smallest absolute Gasteiger partial charge is 0.322 e. The lowest BCUT2D eigenvalue weighted by Crippen LogP contribution is -2.52. The lowest BCUT2D eigenvalue weighted by atomic mass is 10.2. The summed E-state index contributed by atoms with van der Waals surface area (Å²) in [5, 5.41) is 23.3. The van der Waals surface area contributed by atoms with Crippen LogP contribution in [0.2, 0.25) is 0 Å². The maximum Gasteiger partial charge on any atom is 0.322 e. The summed E-state index contributed by atoms with van der Waals surface area (Å²) in [6.45, 7) is -1.14. The summed E-state index contributed by atoms with van der Waals surface area (Å²) in [6, 6.07) is -2.39. The largest absolute Gasteiger partial charge is 0.481 e. The maximum atomic E-state index is 11.6. The van der Waals surface area contributed by atoms with Gasteiger partial charge in [0.05, 0.1) is 19.0 Å². The van der Waals surface area contributed by atoms with Crippen molar-refractivity contribution in [1.82, 2.24) is 16.0 Å². The fourth-order valence-electron chi connectivity index (χ4n) is 1.30. The van der Waals surface area contributed by atoms with Crippen molar-refractivity contribution in [2.24, 2.45) is 5.73 Å². The van der Waals surface area contributed by atoms with E-state index in [1.54, 1.807) is 0 Å². The number of nitrogens with one attached hydrogen (secondary N) is 3. The Kier molecular flexibility index (Phi) is 9.34. The Morgan fingerprint density at radius 1 is 0.957 bits per heavy atom. The van der Waals surface area contributed by atoms with Crippen LogP contribution >= 0.6 is 12.6 Å². The first-order chi connectivity index (χ1) is 10.7. The van der Waals surface area contributed by atoms with Gasteiger partial charge in [-0.3, -0.25) is 24.0 Å². The maximum absolute atomic E-state index is 11.6. The molecular weight excluding hydrogens is 332 g/mol. The number of rotatable bonds is 10. The third-order valence-corrected chi connectivity index (χ3v) is 2.77. The molecule has 0 saturated heterocycles. The molecule has 0 aliphatic carbocycles. The van der Waals surface area contributed by atoms with Crippen molar-refractivity contribution in [1.29, 1.82) is 0 Å². The third kappa shape index (κ3) is 9.31. The van der Waals surface area contributed by atoms with Gasteiger partial charge in [0.2, 0.25) is 17.7 Å². The minimum Gasteiger partial charge on any atom is -0.481 e. The van der Waals surface area contributed by atoms with Gasteiger partial charge in [-0.1, -0.05) is 0 Å². The number of amides is 3. The van der Waals surface area contributed by atoms with Gasteiger partial charge in [-0.25, -0.2) is 0 Å². The van der Waals surface area contributed by atoms with Gasteiger partial charge in [-0.05, 0) is 0 Å². The van der Waals surface area contributed by atoms with Crippen molar-refractivity contribution in [3.8, 4) is 0 Å². The minimum atomic E-state index is -1.31. The van der Waals surface area contributed by atoms with Crippen molar-refractivity contribution in [2.75, 3.05) is 18.8 Å². The molecule has 2 atom stereocenters. The SMILES string of the molecule is N[C@@H](CC(=O)O)C(=O)NCC(=O)N[C@@H](CS)C(=O)NCC(=O)O. The molecule has 130 valence electrons. The Morgan fingerprint density at radius 3 is 2.00 bits per heavy atom. The molecule has 0 aromatic rings. The Labute approximate surface area is 136 Å². The zero-order valence-corrected chi connectivity index (χ0v) is 12.8. The molecule has 0 aromatic heterocycles. The molecule has 0 spiro atoms. The summed E-state index contributed by atoms with van der Waals surface area (Å²) in [6.07, 6.45) is -0.593. The molecule has 0 aromatic carbocycles. The topological polar surface area (TPSA) is 188 Å². The van der Waals surface area contributed by atoms with Gasteiger partial charge >= 0.3 is 11.9 Å². The zero-order valence-electron chi connectivity index (χ0n) is 11.9. The van der Waals surface area contributed by atoms with E-state index >= 15 is 0 Å². The van der Waals surface area contributed by atoms with Crippen molar-refractivity contribution < 1.29 is 34.2 Å². The van der Waals surface area contributed by atoms with E-state index in [9.17, 15) is 24.0 Å². The molecule has 11 nitrogen and oxygen atoms in total. The lowest BCUT2D eigenvalue weighted by molar-refractivity contribution is -0.139. The predicted molar refractivity (Wildman–Crippen MR) is 79.7 cm³/mol. The quantitative estimate of drug-likeness (QED) is 0.198. The summed E-state index contributed by atoms with van der Waals surface area (Å²) in [5.41, 5.74) is 5.29. The number of nitrogens with two attached hydrogens (primary N) is 1. The van der Waals surface area contributed by atoms with E-state index in [1.807, 2.05) is 0 Å². The first-order valence-electron chi connectivity index (χ1n) is 6.32. The number of aliphatic carboxylic acids is 2. The van der Waals surface area contributed by atoms with Crippen LogP contribution in [-0.2, 0) is 24.0 Å². The summed E-state index contributed by atoms with van der Waals surface area (Å²) < 4.78 is 0. The molecule has 0 heterocycles. The second-order valence-electron chi connectivity index (χ2n) is 4.34. The zero-order chi connectivity index (χ0) is 18.0. The molecule has 0 fully saturated rings. The molecular formula is C11H18N4O7S. The first-order valence-corrected chi connectivity index (χ1v) is 6.95. The molecule has 0 aliphatic heterocycles. The first kappa shape index (κ1) is 20.7. The second kappa shape index (κ2) is 10.4. The number of carboxylic acids is 2. The molecule has 0 aliphatic rings. The average Bonchev–Trinajstić information content (AvgIpc) is 2.46. The molecule has 0 bridgehead atoms. The van der Waals surface area contributed by atoms with Crippen LogP contribution in [0.15, 0.2) is 0 Å². The van der Waals surface area contributed by atoms with Crippen LogP contribution in [0.3, 0.4) is 0 Å². The van der Waals surface area contributed by atoms with E-state index in [0.29, 0.717) is 0 Å². The van der Waals surface area contributed by atoms with Gasteiger partial charge < -0.3 is 31.9 Å². The molecule has 0 rings (SSSR count). The monoisotopic (exact) mass is 350 g/mol. The molecule has 0 unspecified atom stereocenters. The highest BCUT2D eigenvalue weighted by atomic mass is 32.1. The van der Waals surface area contributed by atoms with Crippen LogP contribution in [0.1, 0.15) is 6.42 Å². The average molecular weight is 350 g/mol. The molecule has 3 amide bonds. The van der Waals surface area contributed by atoms with Gasteiger partial charge in [-0.2, -0.15) is 12.6 Å². The summed E-state index contributed by atoms with van der Waals surface area (Å²) in [5.74, 6) is -4.93. The van der Waals surface area contributed by atoms with E-state index < -0.39 is 61.3 Å². The summed E-state index contributed by atoms with van der Waals surface area (Å²) in [4.78, 5) is 55.3.